The number of benzene rings is 1. The van der Waals surface area contributed by atoms with Crippen LogP contribution in [-0.2, 0) is 6.54 Å². The van der Waals surface area contributed by atoms with Crippen LogP contribution < -0.4 is 5.32 Å². The Kier molecular flexibility index (Phi) is 2.93. The minimum absolute atomic E-state index is 0.613. The number of hydrogen-bond acceptors (Lipinski definition) is 2. The second kappa shape index (κ2) is 4.43. The second-order valence-electron chi connectivity index (χ2n) is 5.24. The predicted octanol–water partition coefficient (Wildman–Crippen LogP) is 4.28. The highest BCUT2D eigenvalue weighted by molar-refractivity contribution is 7.19. The van der Waals surface area contributed by atoms with E-state index in [0.29, 0.717) is 5.92 Å². The van der Waals surface area contributed by atoms with Gasteiger partial charge in [-0.15, -0.1) is 11.3 Å². The maximum absolute atomic E-state index is 3.64. The normalized spacial score (nSPS) is 15.9. The van der Waals surface area contributed by atoms with E-state index in [-0.39, 0.29) is 0 Å². The van der Waals surface area contributed by atoms with Gasteiger partial charge in [-0.05, 0) is 35.8 Å². The van der Waals surface area contributed by atoms with Crippen LogP contribution in [0.2, 0.25) is 0 Å². The molecule has 1 heterocycles. The van der Waals surface area contributed by atoms with Crippen LogP contribution in [0.5, 0.6) is 0 Å². The first kappa shape index (κ1) is 11.2. The first-order valence-corrected chi connectivity index (χ1v) is 7.31. The summed E-state index contributed by atoms with van der Waals surface area (Å²) in [6, 6.07) is 9.59. The van der Waals surface area contributed by atoms with Gasteiger partial charge in [-0.2, -0.15) is 0 Å². The smallest absolute Gasteiger partial charge is 0.0349 e. The Hall–Kier alpha value is -0.860. The summed E-state index contributed by atoms with van der Waals surface area (Å²) in [6.07, 6.45) is 2.73. The maximum Gasteiger partial charge on any atom is 0.0349 e. The lowest BCUT2D eigenvalue weighted by atomic mass is 9.99. The standard InChI is InChI=1S/C15H19NS/c1-10(2)15-12-5-3-4-6-13(12)17-14(15)9-16-11-7-8-11/h3-6,10-11,16H,7-9H2,1-2H3. The Morgan fingerprint density at radius 3 is 2.76 bits per heavy atom. The fraction of sp³-hybridized carbons (Fsp3) is 0.467. The van der Waals surface area contributed by atoms with Crippen molar-refractivity contribution in [3.63, 3.8) is 0 Å². The molecule has 1 fully saturated rings. The van der Waals surface area contributed by atoms with E-state index >= 15 is 0 Å². The fourth-order valence-corrected chi connectivity index (χ4v) is 3.72. The molecule has 0 unspecified atom stereocenters. The summed E-state index contributed by atoms with van der Waals surface area (Å²) in [5.74, 6) is 0.613. The minimum atomic E-state index is 0.613. The van der Waals surface area contributed by atoms with Crippen molar-refractivity contribution in [1.29, 1.82) is 0 Å². The van der Waals surface area contributed by atoms with E-state index in [2.05, 4.69) is 43.4 Å². The van der Waals surface area contributed by atoms with E-state index in [0.717, 1.165) is 12.6 Å². The number of hydrogen-bond donors (Lipinski definition) is 1. The molecule has 0 saturated heterocycles. The zero-order valence-electron chi connectivity index (χ0n) is 10.5. The van der Waals surface area contributed by atoms with Gasteiger partial charge in [0.25, 0.3) is 0 Å². The predicted molar refractivity (Wildman–Crippen MR) is 75.8 cm³/mol. The van der Waals surface area contributed by atoms with Crippen molar-refractivity contribution < 1.29 is 0 Å². The van der Waals surface area contributed by atoms with Gasteiger partial charge in [0.05, 0.1) is 0 Å². The first-order valence-electron chi connectivity index (χ1n) is 6.49. The second-order valence-corrected chi connectivity index (χ2v) is 6.38. The Morgan fingerprint density at radius 2 is 2.06 bits per heavy atom. The minimum Gasteiger partial charge on any atom is -0.309 e. The van der Waals surface area contributed by atoms with Crippen LogP contribution in [0, 0.1) is 0 Å². The molecule has 0 atom stereocenters. The number of fused-ring (bicyclic) bond motifs is 1. The van der Waals surface area contributed by atoms with Crippen LogP contribution in [0.15, 0.2) is 24.3 Å². The van der Waals surface area contributed by atoms with Crippen LogP contribution in [0.1, 0.15) is 43.0 Å². The quantitative estimate of drug-likeness (QED) is 0.848. The van der Waals surface area contributed by atoms with Crippen LogP contribution in [0.25, 0.3) is 10.1 Å². The molecule has 1 N–H and O–H groups in total. The molecular weight excluding hydrogens is 226 g/mol. The van der Waals surface area contributed by atoms with Gasteiger partial charge >= 0.3 is 0 Å². The van der Waals surface area contributed by atoms with Crippen LogP contribution >= 0.6 is 11.3 Å². The molecule has 17 heavy (non-hydrogen) atoms. The van der Waals surface area contributed by atoms with Crippen molar-refractivity contribution in [2.75, 3.05) is 0 Å². The molecule has 1 aromatic carbocycles. The average molecular weight is 245 g/mol. The molecule has 90 valence electrons. The van der Waals surface area contributed by atoms with Crippen molar-refractivity contribution in [2.24, 2.45) is 0 Å². The lowest BCUT2D eigenvalue weighted by Crippen LogP contribution is -2.15. The molecule has 0 bridgehead atoms. The van der Waals surface area contributed by atoms with Gasteiger partial charge in [-0.25, -0.2) is 0 Å². The first-order chi connectivity index (χ1) is 8.25. The molecule has 0 radical (unpaired) electrons. The third kappa shape index (κ3) is 2.24. The van der Waals surface area contributed by atoms with Crippen molar-refractivity contribution in [2.45, 2.75) is 45.2 Å². The van der Waals surface area contributed by atoms with Crippen molar-refractivity contribution in [3.05, 3.63) is 34.7 Å². The molecular formula is C15H19NS. The SMILES string of the molecule is CC(C)c1c(CNC2CC2)sc2ccccc12. The molecule has 1 aliphatic carbocycles. The lowest BCUT2D eigenvalue weighted by molar-refractivity contribution is 0.686. The van der Waals surface area contributed by atoms with E-state index in [1.807, 2.05) is 11.3 Å². The largest absolute Gasteiger partial charge is 0.309 e. The molecule has 0 amide bonds. The van der Waals surface area contributed by atoms with Crippen LogP contribution in [-0.4, -0.2) is 6.04 Å². The summed E-state index contributed by atoms with van der Waals surface area (Å²) in [4.78, 5) is 1.54. The molecule has 1 aliphatic rings. The van der Waals surface area contributed by atoms with E-state index in [1.165, 1.54) is 27.8 Å². The van der Waals surface area contributed by atoms with E-state index in [4.69, 9.17) is 0 Å². The Balaban J connectivity index is 1.98. The zero-order valence-corrected chi connectivity index (χ0v) is 11.3. The molecule has 0 spiro atoms. The molecule has 0 aliphatic heterocycles. The zero-order chi connectivity index (χ0) is 11.8. The third-order valence-electron chi connectivity index (χ3n) is 3.42. The number of nitrogens with one attached hydrogen (secondary N) is 1. The summed E-state index contributed by atoms with van der Waals surface area (Å²) in [6.45, 7) is 5.65. The lowest BCUT2D eigenvalue weighted by Gasteiger charge is -2.08. The molecule has 1 saturated carbocycles. The van der Waals surface area contributed by atoms with E-state index < -0.39 is 0 Å². The monoisotopic (exact) mass is 245 g/mol. The Labute approximate surface area is 107 Å². The van der Waals surface area contributed by atoms with Crippen LogP contribution in [0.3, 0.4) is 0 Å². The highest BCUT2D eigenvalue weighted by Gasteiger charge is 2.22. The summed E-state index contributed by atoms with van der Waals surface area (Å²) in [5.41, 5.74) is 1.55. The number of thiophene rings is 1. The molecule has 2 aromatic rings. The van der Waals surface area contributed by atoms with Gasteiger partial charge in [0.15, 0.2) is 0 Å². The van der Waals surface area contributed by atoms with Crippen molar-refractivity contribution >= 4 is 21.4 Å². The molecule has 1 aromatic heterocycles. The van der Waals surface area contributed by atoms with E-state index in [1.54, 1.807) is 5.56 Å². The highest BCUT2D eigenvalue weighted by Crippen LogP contribution is 2.36. The van der Waals surface area contributed by atoms with Gasteiger partial charge < -0.3 is 5.32 Å². The van der Waals surface area contributed by atoms with Gasteiger partial charge in [-0.3, -0.25) is 0 Å². The van der Waals surface area contributed by atoms with E-state index in [9.17, 15) is 0 Å². The van der Waals surface area contributed by atoms with Gasteiger partial charge in [0, 0.05) is 22.2 Å². The molecule has 2 heteroatoms. The molecule has 1 nitrogen and oxygen atoms in total. The Bertz CT molecular complexity index is 523. The summed E-state index contributed by atoms with van der Waals surface area (Å²) >= 11 is 1.96. The topological polar surface area (TPSA) is 12.0 Å². The maximum atomic E-state index is 3.64. The summed E-state index contributed by atoms with van der Waals surface area (Å²) in [7, 11) is 0. The fourth-order valence-electron chi connectivity index (χ4n) is 2.40. The third-order valence-corrected chi connectivity index (χ3v) is 4.60. The van der Waals surface area contributed by atoms with Crippen molar-refractivity contribution in [1.82, 2.24) is 5.32 Å². The van der Waals surface area contributed by atoms with Crippen molar-refractivity contribution in [3.8, 4) is 0 Å². The van der Waals surface area contributed by atoms with Gasteiger partial charge in [-0.1, -0.05) is 32.0 Å². The molecule has 3 rings (SSSR count). The van der Waals surface area contributed by atoms with Gasteiger partial charge in [0.1, 0.15) is 0 Å². The van der Waals surface area contributed by atoms with Crippen LogP contribution in [0.4, 0.5) is 0 Å². The number of rotatable bonds is 4. The highest BCUT2D eigenvalue weighted by atomic mass is 32.1. The summed E-state index contributed by atoms with van der Waals surface area (Å²) in [5, 5.41) is 5.10. The Morgan fingerprint density at radius 1 is 1.29 bits per heavy atom. The van der Waals surface area contributed by atoms with Gasteiger partial charge in [0.2, 0.25) is 0 Å². The summed E-state index contributed by atoms with van der Waals surface area (Å²) < 4.78 is 1.43. The average Bonchev–Trinajstić information content (AvgIpc) is 3.05.